The fourth-order valence-corrected chi connectivity index (χ4v) is 2.10. The number of benzene rings is 2. The van der Waals surface area contributed by atoms with E-state index in [-0.39, 0.29) is 11.4 Å². The van der Waals surface area contributed by atoms with Gasteiger partial charge in [0.25, 0.3) is 0 Å². The summed E-state index contributed by atoms with van der Waals surface area (Å²) in [5.74, 6) is 0.230. The predicted octanol–water partition coefficient (Wildman–Crippen LogP) is 4.00. The van der Waals surface area contributed by atoms with E-state index in [1.165, 1.54) is 0 Å². The molecule has 1 unspecified atom stereocenters. The quantitative estimate of drug-likeness (QED) is 0.892. The molecule has 1 N–H and O–H groups in total. The van der Waals surface area contributed by atoms with Crippen LogP contribution in [0.5, 0.6) is 5.75 Å². The van der Waals surface area contributed by atoms with Gasteiger partial charge in [-0.1, -0.05) is 43.3 Å². The van der Waals surface area contributed by atoms with Crippen molar-refractivity contribution in [2.75, 3.05) is 6.61 Å². The van der Waals surface area contributed by atoms with Crippen molar-refractivity contribution in [3.8, 4) is 5.75 Å². The van der Waals surface area contributed by atoms with Gasteiger partial charge in [-0.2, -0.15) is 0 Å². The number of hydrogen-bond donors (Lipinski definition) is 1. The van der Waals surface area contributed by atoms with Crippen molar-refractivity contribution in [2.24, 2.45) is 0 Å². The predicted molar refractivity (Wildman–Crippen MR) is 77.4 cm³/mol. The number of ether oxygens (including phenoxy) is 1. The number of aliphatic hydroxyl groups excluding tert-OH is 1. The molecule has 0 fully saturated rings. The number of halogens is 1. The van der Waals surface area contributed by atoms with Crippen molar-refractivity contribution in [1.29, 1.82) is 0 Å². The molecule has 1 atom stereocenters. The average molecular weight is 274 g/mol. The third kappa shape index (κ3) is 2.99. The number of hydrogen-bond acceptors (Lipinski definition) is 2. The van der Waals surface area contributed by atoms with Crippen molar-refractivity contribution in [3.05, 3.63) is 65.0 Å². The van der Waals surface area contributed by atoms with Crippen molar-refractivity contribution in [2.45, 2.75) is 26.4 Å². The Morgan fingerprint density at radius 1 is 1.10 bits per heavy atom. The summed E-state index contributed by atoms with van der Waals surface area (Å²) in [4.78, 5) is 0. The van der Waals surface area contributed by atoms with E-state index < -0.39 is 6.10 Å². The minimum Gasteiger partial charge on any atom is -0.493 e. The molecule has 0 aliphatic rings. The van der Waals surface area contributed by atoms with Crippen LogP contribution in [0.1, 0.15) is 36.1 Å². The van der Waals surface area contributed by atoms with Gasteiger partial charge in [-0.15, -0.1) is 0 Å². The Labute approximate surface area is 118 Å². The second-order valence-corrected chi connectivity index (χ2v) is 4.77. The van der Waals surface area contributed by atoms with Crippen LogP contribution in [0.4, 0.5) is 4.39 Å². The van der Waals surface area contributed by atoms with Crippen LogP contribution in [0.2, 0.25) is 0 Å². The molecule has 0 amide bonds. The van der Waals surface area contributed by atoms with E-state index in [9.17, 15) is 9.50 Å². The molecule has 0 saturated heterocycles. The van der Waals surface area contributed by atoms with Gasteiger partial charge < -0.3 is 9.84 Å². The molecule has 0 aliphatic heterocycles. The number of aliphatic hydroxyl groups is 1. The zero-order valence-corrected chi connectivity index (χ0v) is 11.8. The fourth-order valence-electron chi connectivity index (χ4n) is 2.10. The lowest BCUT2D eigenvalue weighted by atomic mass is 9.98. The first kappa shape index (κ1) is 14.5. The van der Waals surface area contributed by atoms with E-state index >= 15 is 0 Å². The Bertz CT molecular complexity index is 581. The lowest BCUT2D eigenvalue weighted by Crippen LogP contribution is -2.07. The van der Waals surface area contributed by atoms with Crippen molar-refractivity contribution >= 4 is 0 Å². The van der Waals surface area contributed by atoms with E-state index in [0.29, 0.717) is 23.5 Å². The van der Waals surface area contributed by atoms with Crippen LogP contribution in [0.25, 0.3) is 0 Å². The smallest absolute Gasteiger partial charge is 0.132 e. The van der Waals surface area contributed by atoms with Gasteiger partial charge in [-0.25, -0.2) is 4.39 Å². The van der Waals surface area contributed by atoms with Crippen LogP contribution in [0.3, 0.4) is 0 Å². The summed E-state index contributed by atoms with van der Waals surface area (Å²) in [6.07, 6.45) is -0.147. The number of para-hydroxylation sites is 1. The summed E-state index contributed by atoms with van der Waals surface area (Å²) in [6.45, 7) is 4.27. The summed E-state index contributed by atoms with van der Waals surface area (Å²) in [5.41, 5.74) is 1.39. The molecule has 0 aliphatic carbocycles. The van der Waals surface area contributed by atoms with E-state index in [4.69, 9.17) is 4.74 Å². The number of rotatable bonds is 5. The fraction of sp³-hybridized carbons (Fsp3) is 0.294. The average Bonchev–Trinajstić information content (AvgIpc) is 2.47. The van der Waals surface area contributed by atoms with E-state index in [2.05, 4.69) is 0 Å². The standard InChI is InChI=1S/C17H19FO2/c1-3-11-20-15-10-5-4-8-13(15)17(19)14-9-6-7-12(2)16(14)18/h4-10,17,19H,3,11H2,1-2H3. The van der Waals surface area contributed by atoms with Crippen molar-refractivity contribution in [1.82, 2.24) is 0 Å². The minimum absolute atomic E-state index is 0.276. The van der Waals surface area contributed by atoms with Crippen LogP contribution in [0.15, 0.2) is 42.5 Å². The molecule has 2 aromatic rings. The van der Waals surface area contributed by atoms with Crippen LogP contribution < -0.4 is 4.74 Å². The van der Waals surface area contributed by atoms with Crippen LogP contribution in [-0.2, 0) is 0 Å². The highest BCUT2D eigenvalue weighted by atomic mass is 19.1. The monoisotopic (exact) mass is 274 g/mol. The van der Waals surface area contributed by atoms with Gasteiger partial charge in [0.1, 0.15) is 17.7 Å². The van der Waals surface area contributed by atoms with Gasteiger partial charge in [-0.05, 0) is 25.0 Å². The van der Waals surface area contributed by atoms with Crippen molar-refractivity contribution < 1.29 is 14.2 Å². The zero-order valence-electron chi connectivity index (χ0n) is 11.8. The molecule has 106 valence electrons. The molecular formula is C17H19FO2. The maximum absolute atomic E-state index is 14.1. The van der Waals surface area contributed by atoms with Gasteiger partial charge in [-0.3, -0.25) is 0 Å². The van der Waals surface area contributed by atoms with Gasteiger partial charge >= 0.3 is 0 Å². The highest BCUT2D eigenvalue weighted by molar-refractivity contribution is 5.41. The first-order valence-corrected chi connectivity index (χ1v) is 6.80. The molecular weight excluding hydrogens is 255 g/mol. The molecule has 2 aromatic carbocycles. The summed E-state index contributed by atoms with van der Waals surface area (Å²) < 4.78 is 19.7. The molecule has 0 bridgehead atoms. The molecule has 3 heteroatoms. The summed E-state index contributed by atoms with van der Waals surface area (Å²) in [5, 5.41) is 10.5. The van der Waals surface area contributed by atoms with Gasteiger partial charge in [0.2, 0.25) is 0 Å². The molecule has 2 rings (SSSR count). The summed E-state index contributed by atoms with van der Waals surface area (Å²) in [6, 6.07) is 12.2. The SMILES string of the molecule is CCCOc1ccccc1C(O)c1cccc(C)c1F. The third-order valence-electron chi connectivity index (χ3n) is 3.19. The second-order valence-electron chi connectivity index (χ2n) is 4.77. The highest BCUT2D eigenvalue weighted by Gasteiger charge is 2.19. The van der Waals surface area contributed by atoms with Gasteiger partial charge in [0.15, 0.2) is 0 Å². The summed E-state index contributed by atoms with van der Waals surface area (Å²) >= 11 is 0. The number of aryl methyl sites for hydroxylation is 1. The Morgan fingerprint density at radius 2 is 1.80 bits per heavy atom. The topological polar surface area (TPSA) is 29.5 Å². The normalized spacial score (nSPS) is 12.2. The van der Waals surface area contributed by atoms with Gasteiger partial charge in [0.05, 0.1) is 6.61 Å². The molecule has 0 spiro atoms. The largest absolute Gasteiger partial charge is 0.493 e. The second kappa shape index (κ2) is 6.53. The molecule has 0 radical (unpaired) electrons. The van der Waals surface area contributed by atoms with Crippen LogP contribution in [0, 0.1) is 12.7 Å². The lowest BCUT2D eigenvalue weighted by molar-refractivity contribution is 0.205. The van der Waals surface area contributed by atoms with Gasteiger partial charge in [0, 0.05) is 11.1 Å². The molecule has 0 saturated carbocycles. The molecule has 0 aromatic heterocycles. The van der Waals surface area contributed by atoms with E-state index in [1.54, 1.807) is 37.3 Å². The molecule has 20 heavy (non-hydrogen) atoms. The van der Waals surface area contributed by atoms with Crippen LogP contribution >= 0.6 is 0 Å². The molecule has 2 nitrogen and oxygen atoms in total. The first-order chi connectivity index (χ1) is 9.65. The zero-order chi connectivity index (χ0) is 14.5. The van der Waals surface area contributed by atoms with Crippen LogP contribution in [-0.4, -0.2) is 11.7 Å². The lowest BCUT2D eigenvalue weighted by Gasteiger charge is -2.17. The minimum atomic E-state index is -1.03. The maximum Gasteiger partial charge on any atom is 0.132 e. The first-order valence-electron chi connectivity index (χ1n) is 6.80. The summed E-state index contributed by atoms with van der Waals surface area (Å²) in [7, 11) is 0. The van der Waals surface area contributed by atoms with E-state index in [0.717, 1.165) is 6.42 Å². The Kier molecular flexibility index (Phi) is 4.74. The Balaban J connectivity index is 2.38. The highest BCUT2D eigenvalue weighted by Crippen LogP contribution is 2.31. The molecule has 0 heterocycles. The maximum atomic E-state index is 14.1. The third-order valence-corrected chi connectivity index (χ3v) is 3.19. The van der Waals surface area contributed by atoms with E-state index in [1.807, 2.05) is 19.1 Å². The Hall–Kier alpha value is -1.87. The van der Waals surface area contributed by atoms with Crippen molar-refractivity contribution in [3.63, 3.8) is 0 Å². The Morgan fingerprint density at radius 3 is 2.55 bits per heavy atom.